The van der Waals surface area contributed by atoms with Gasteiger partial charge in [-0.25, -0.2) is 15.0 Å². The number of carbonyl (C=O) groups is 2. The number of halogens is 2. The average molecular weight is 694 g/mol. The first-order chi connectivity index (χ1) is 22.8. The van der Waals surface area contributed by atoms with Crippen molar-refractivity contribution < 1.29 is 19.4 Å². The molecule has 4 heterocycles. The van der Waals surface area contributed by atoms with E-state index in [9.17, 15) is 9.59 Å². The van der Waals surface area contributed by atoms with Gasteiger partial charge in [0.25, 0.3) is 0 Å². The fourth-order valence-corrected chi connectivity index (χ4v) is 6.79. The van der Waals surface area contributed by atoms with Crippen LogP contribution in [0.1, 0.15) is 23.5 Å². The Morgan fingerprint density at radius 3 is 2.60 bits per heavy atom. The summed E-state index contributed by atoms with van der Waals surface area (Å²) in [7, 11) is 1.54. The number of thiazole rings is 1. The van der Waals surface area contributed by atoms with Crippen molar-refractivity contribution in [3.63, 3.8) is 0 Å². The average Bonchev–Trinajstić information content (AvgIpc) is 3.68. The molecule has 1 unspecified atom stereocenters. The van der Waals surface area contributed by atoms with E-state index in [1.807, 2.05) is 42.5 Å². The maximum absolute atomic E-state index is 11.5. The summed E-state index contributed by atoms with van der Waals surface area (Å²) in [5, 5.41) is 23.0. The number of aliphatic carboxylic acids is 1. The zero-order valence-electron chi connectivity index (χ0n) is 25.1. The molecule has 1 aliphatic rings. The Morgan fingerprint density at radius 2 is 1.83 bits per heavy atom. The highest BCUT2D eigenvalue weighted by molar-refractivity contribution is 7.18. The van der Waals surface area contributed by atoms with Crippen molar-refractivity contribution >= 4 is 68.1 Å². The number of carboxylic acid groups (broad SMARTS) is 1. The van der Waals surface area contributed by atoms with E-state index in [4.69, 9.17) is 38.0 Å². The topological polar surface area (TPSA) is 163 Å². The Labute approximate surface area is 283 Å². The molecule has 47 heavy (non-hydrogen) atoms. The normalized spacial score (nSPS) is 14.4. The lowest BCUT2D eigenvalue weighted by Crippen LogP contribution is -2.35. The Bertz CT molecular complexity index is 1960. The van der Waals surface area contributed by atoms with Gasteiger partial charge in [0.2, 0.25) is 11.8 Å². The van der Waals surface area contributed by atoms with Crippen LogP contribution in [0.15, 0.2) is 54.9 Å². The van der Waals surface area contributed by atoms with Gasteiger partial charge in [0.05, 0.1) is 46.0 Å². The van der Waals surface area contributed by atoms with Crippen LogP contribution >= 0.6 is 34.5 Å². The minimum Gasteiger partial charge on any atom is -0.480 e. The first-order valence-electron chi connectivity index (χ1n) is 14.7. The lowest BCUT2D eigenvalue weighted by molar-refractivity contribution is -0.136. The lowest BCUT2D eigenvalue weighted by atomic mass is 10.0. The second-order valence-electron chi connectivity index (χ2n) is 10.7. The molecule has 12 nitrogen and oxygen atoms in total. The van der Waals surface area contributed by atoms with Gasteiger partial charge in [-0.3, -0.25) is 14.6 Å². The van der Waals surface area contributed by atoms with Crippen LogP contribution in [-0.2, 0) is 22.7 Å². The van der Waals surface area contributed by atoms with E-state index in [1.54, 1.807) is 19.5 Å². The van der Waals surface area contributed by atoms with Crippen molar-refractivity contribution in [1.29, 1.82) is 0 Å². The molecule has 242 valence electrons. The number of methoxy groups -OCH3 is 1. The van der Waals surface area contributed by atoms with Gasteiger partial charge in [-0.1, -0.05) is 53.5 Å². The first-order valence-corrected chi connectivity index (χ1v) is 16.3. The lowest BCUT2D eigenvalue weighted by Gasteiger charge is -2.15. The highest BCUT2D eigenvalue weighted by Gasteiger charge is 2.21. The molecule has 15 heteroatoms. The van der Waals surface area contributed by atoms with E-state index in [-0.39, 0.29) is 18.5 Å². The van der Waals surface area contributed by atoms with Gasteiger partial charge in [-0.15, -0.1) is 11.3 Å². The molecule has 1 fully saturated rings. The van der Waals surface area contributed by atoms with Crippen molar-refractivity contribution in [3.8, 4) is 28.3 Å². The molecule has 0 spiro atoms. The number of amides is 1. The third kappa shape index (κ3) is 7.45. The SMILES string of the molecule is COc1nc(-c2cccc(-c3cccc(Nc4nccc5sc(CNCC(=O)O)nc45)c3Cl)c2Cl)cnc1CNCC1CCC(=O)N1. The monoisotopic (exact) mass is 692 g/mol. The van der Waals surface area contributed by atoms with Crippen LogP contribution in [0, 0.1) is 0 Å². The number of hydrogen-bond acceptors (Lipinski definition) is 11. The fraction of sp³-hybridized carbons (Fsp3) is 0.250. The number of ether oxygens (including phenoxy) is 1. The van der Waals surface area contributed by atoms with Gasteiger partial charge in [0.1, 0.15) is 16.2 Å². The van der Waals surface area contributed by atoms with E-state index < -0.39 is 5.97 Å². The number of carboxylic acids is 1. The number of fused-ring (bicyclic) bond motifs is 1. The number of nitrogens with zero attached hydrogens (tertiary/aromatic N) is 4. The van der Waals surface area contributed by atoms with Crippen LogP contribution in [0.25, 0.3) is 32.6 Å². The van der Waals surface area contributed by atoms with Crippen molar-refractivity contribution in [3.05, 3.63) is 75.6 Å². The van der Waals surface area contributed by atoms with Gasteiger partial charge in [0.15, 0.2) is 5.82 Å². The molecule has 1 atom stereocenters. The van der Waals surface area contributed by atoms with Crippen molar-refractivity contribution in [2.24, 2.45) is 0 Å². The van der Waals surface area contributed by atoms with Gasteiger partial charge in [-0.05, 0) is 18.6 Å². The molecule has 0 radical (unpaired) electrons. The van der Waals surface area contributed by atoms with Crippen LogP contribution in [-0.4, -0.2) is 63.2 Å². The molecule has 3 aromatic heterocycles. The van der Waals surface area contributed by atoms with Crippen LogP contribution in [0.2, 0.25) is 10.0 Å². The van der Waals surface area contributed by atoms with Crippen molar-refractivity contribution in [1.82, 2.24) is 35.9 Å². The number of aromatic nitrogens is 4. The van der Waals surface area contributed by atoms with E-state index >= 15 is 0 Å². The number of anilines is 2. The first kappa shape index (κ1) is 32.5. The number of benzene rings is 2. The Morgan fingerprint density at radius 1 is 1.04 bits per heavy atom. The summed E-state index contributed by atoms with van der Waals surface area (Å²) in [6.45, 7) is 1.23. The summed E-state index contributed by atoms with van der Waals surface area (Å²) >= 11 is 15.4. The summed E-state index contributed by atoms with van der Waals surface area (Å²) in [6, 6.07) is 13.2. The molecule has 5 aromatic rings. The fourth-order valence-electron chi connectivity index (χ4n) is 5.25. The Balaban J connectivity index is 1.23. The molecule has 2 aromatic carbocycles. The van der Waals surface area contributed by atoms with Crippen LogP contribution < -0.4 is 26.0 Å². The largest absolute Gasteiger partial charge is 0.480 e. The Hall–Kier alpha value is -4.40. The minimum absolute atomic E-state index is 0.0755. The van der Waals surface area contributed by atoms with Crippen LogP contribution in [0.3, 0.4) is 0 Å². The van der Waals surface area contributed by atoms with E-state index in [2.05, 4.69) is 36.2 Å². The third-order valence-corrected chi connectivity index (χ3v) is 9.33. The standard InChI is InChI=1S/C32H30Cl2N8O4S/c1-46-32-23(13-35-12-17-8-9-25(43)39-17)38-14-22(41-32)20-6-2-4-18(28(20)33)19-5-3-7-21(29(19)34)40-31-30-24(10-11-37-31)47-26(42-30)15-36-16-27(44)45/h2-7,10-11,14,17,35-36H,8-9,12-13,15-16H2,1H3,(H,37,40)(H,39,43)(H,44,45). The predicted octanol–water partition coefficient (Wildman–Crippen LogP) is 5.42. The zero-order chi connectivity index (χ0) is 32.9. The quantitative estimate of drug-likeness (QED) is 0.107. The van der Waals surface area contributed by atoms with Gasteiger partial charge in [0, 0.05) is 55.0 Å². The molecule has 5 N–H and O–H groups in total. The summed E-state index contributed by atoms with van der Waals surface area (Å²) in [4.78, 5) is 40.8. The molecule has 0 bridgehead atoms. The summed E-state index contributed by atoms with van der Waals surface area (Å²) in [5.41, 5.74) is 4.51. The molecule has 1 aliphatic heterocycles. The summed E-state index contributed by atoms with van der Waals surface area (Å²) in [5.74, 6) is 0.0389. The molecule has 1 saturated heterocycles. The van der Waals surface area contributed by atoms with Gasteiger partial charge in [-0.2, -0.15) is 0 Å². The van der Waals surface area contributed by atoms with Crippen LogP contribution in [0.5, 0.6) is 5.88 Å². The highest BCUT2D eigenvalue weighted by Crippen LogP contribution is 2.42. The number of carbonyl (C=O) groups excluding carboxylic acids is 1. The maximum Gasteiger partial charge on any atom is 0.317 e. The number of rotatable bonds is 13. The van der Waals surface area contributed by atoms with E-state index in [1.165, 1.54) is 11.3 Å². The highest BCUT2D eigenvalue weighted by atomic mass is 35.5. The molecule has 0 aliphatic carbocycles. The van der Waals surface area contributed by atoms with E-state index in [0.29, 0.717) is 87.1 Å². The molecular formula is C32H30Cl2N8O4S. The second-order valence-corrected chi connectivity index (χ2v) is 12.6. The van der Waals surface area contributed by atoms with Gasteiger partial charge < -0.3 is 31.1 Å². The minimum atomic E-state index is -0.933. The summed E-state index contributed by atoms with van der Waals surface area (Å²) in [6.07, 6.45) is 4.70. The molecule has 0 saturated carbocycles. The third-order valence-electron chi connectivity index (χ3n) is 7.49. The number of pyridine rings is 1. The maximum atomic E-state index is 11.5. The molecular weight excluding hydrogens is 663 g/mol. The van der Waals surface area contributed by atoms with Crippen LogP contribution in [0.4, 0.5) is 11.5 Å². The van der Waals surface area contributed by atoms with E-state index in [0.717, 1.165) is 16.1 Å². The van der Waals surface area contributed by atoms with Gasteiger partial charge >= 0.3 is 5.97 Å². The summed E-state index contributed by atoms with van der Waals surface area (Å²) < 4.78 is 6.46. The zero-order valence-corrected chi connectivity index (χ0v) is 27.5. The number of nitrogens with one attached hydrogen (secondary N) is 4. The Kier molecular flexibility index (Phi) is 10.1. The second kappa shape index (κ2) is 14.6. The van der Waals surface area contributed by atoms with Crippen molar-refractivity contribution in [2.75, 3.05) is 25.5 Å². The molecule has 1 amide bonds. The smallest absolute Gasteiger partial charge is 0.317 e. The predicted molar refractivity (Wildman–Crippen MR) is 182 cm³/mol. The molecule has 6 rings (SSSR count). The number of hydrogen-bond donors (Lipinski definition) is 5. The van der Waals surface area contributed by atoms with Crippen molar-refractivity contribution in [2.45, 2.75) is 32.0 Å².